The van der Waals surface area contributed by atoms with Gasteiger partial charge in [0.25, 0.3) is 0 Å². The Bertz CT molecular complexity index is 1200. The van der Waals surface area contributed by atoms with Crippen molar-refractivity contribution in [1.29, 1.82) is 0 Å². The van der Waals surface area contributed by atoms with Crippen molar-refractivity contribution in [3.8, 4) is 27.6 Å². The van der Waals surface area contributed by atoms with Gasteiger partial charge in [-0.25, -0.2) is 4.68 Å². The van der Waals surface area contributed by atoms with Gasteiger partial charge in [-0.3, -0.25) is 0 Å². The molecule has 4 aromatic rings. The summed E-state index contributed by atoms with van der Waals surface area (Å²) in [4.78, 5) is 0. The molecule has 4 nitrogen and oxygen atoms in total. The zero-order valence-electron chi connectivity index (χ0n) is 16.7. The highest BCUT2D eigenvalue weighted by molar-refractivity contribution is 7.14. The fourth-order valence-electron chi connectivity index (χ4n) is 3.18. The van der Waals surface area contributed by atoms with E-state index in [2.05, 4.69) is 24.0 Å². The van der Waals surface area contributed by atoms with Gasteiger partial charge in [-0.15, -0.1) is 10.2 Å². The molecule has 1 atom stereocenters. The molecule has 1 unspecified atom stereocenters. The van der Waals surface area contributed by atoms with Crippen LogP contribution in [-0.4, -0.2) is 20.0 Å². The zero-order chi connectivity index (χ0) is 21.4. The topological polar surface area (TPSA) is 43.6 Å². The van der Waals surface area contributed by atoms with Crippen molar-refractivity contribution < 1.29 is 0 Å². The van der Waals surface area contributed by atoms with E-state index in [0.717, 1.165) is 44.6 Å². The van der Waals surface area contributed by atoms with Gasteiger partial charge in [0.1, 0.15) is 10.7 Å². The van der Waals surface area contributed by atoms with Crippen LogP contribution < -0.4 is 0 Å². The molecule has 0 aliphatic rings. The third kappa shape index (κ3) is 4.00. The van der Waals surface area contributed by atoms with E-state index in [1.165, 1.54) is 0 Å². The van der Waals surface area contributed by atoms with Crippen molar-refractivity contribution in [2.24, 2.45) is 0 Å². The first kappa shape index (κ1) is 21.3. The molecule has 8 heteroatoms. The average Bonchev–Trinajstić information content (AvgIpc) is 3.33. The van der Waals surface area contributed by atoms with Crippen molar-refractivity contribution in [2.75, 3.05) is 0 Å². The zero-order valence-corrected chi connectivity index (χ0v) is 19.7. The molecule has 0 fully saturated rings. The normalized spacial score (nSPS) is 12.3. The van der Waals surface area contributed by atoms with E-state index in [1.807, 2.05) is 41.9 Å². The van der Waals surface area contributed by atoms with Crippen molar-refractivity contribution in [3.63, 3.8) is 0 Å². The molecule has 2 heterocycles. The van der Waals surface area contributed by atoms with Gasteiger partial charge in [0.2, 0.25) is 0 Å². The predicted molar refractivity (Wildman–Crippen MR) is 126 cm³/mol. The summed E-state index contributed by atoms with van der Waals surface area (Å²) in [5.74, 6) is 0.361. The summed E-state index contributed by atoms with van der Waals surface area (Å²) in [5, 5.41) is 17.3. The standard InChI is InChI=1S/C22H19Cl3N4S/c1-4-12(2)21-26-27-22(30-21)19-13(3)20(14-5-7-15(23)8-6-14)29(28-19)18-10-9-16(24)11-17(18)25/h5-12H,4H2,1-3H3. The Morgan fingerprint density at radius 1 is 1.00 bits per heavy atom. The molecule has 2 aromatic heterocycles. The number of nitrogens with zero attached hydrogens (tertiary/aromatic N) is 4. The van der Waals surface area contributed by atoms with Crippen molar-refractivity contribution in [2.45, 2.75) is 33.1 Å². The fraction of sp³-hybridized carbons (Fsp3) is 0.227. The van der Waals surface area contributed by atoms with Crippen molar-refractivity contribution in [3.05, 3.63) is 68.1 Å². The largest absolute Gasteiger partial charge is 0.231 e. The summed E-state index contributed by atoms with van der Waals surface area (Å²) in [5.41, 5.74) is 4.43. The monoisotopic (exact) mass is 476 g/mol. The van der Waals surface area contributed by atoms with Crippen LogP contribution in [0.2, 0.25) is 15.1 Å². The first-order valence-electron chi connectivity index (χ1n) is 9.53. The minimum atomic E-state index is 0.361. The first-order valence-corrected chi connectivity index (χ1v) is 11.5. The molecule has 2 aromatic carbocycles. The third-order valence-corrected chi connectivity index (χ3v) is 7.01. The maximum absolute atomic E-state index is 6.53. The van der Waals surface area contributed by atoms with Gasteiger partial charge in [0, 0.05) is 27.1 Å². The Balaban J connectivity index is 1.93. The van der Waals surface area contributed by atoms with Crippen molar-refractivity contribution in [1.82, 2.24) is 20.0 Å². The minimum absolute atomic E-state index is 0.361. The molecule has 0 amide bonds. The van der Waals surface area contributed by atoms with Crippen molar-refractivity contribution >= 4 is 46.1 Å². The van der Waals surface area contributed by atoms with Gasteiger partial charge < -0.3 is 0 Å². The van der Waals surface area contributed by atoms with Crippen LogP contribution in [0.15, 0.2) is 42.5 Å². The fourth-order valence-corrected chi connectivity index (χ4v) is 4.81. The van der Waals surface area contributed by atoms with Crippen LogP contribution in [0.4, 0.5) is 0 Å². The average molecular weight is 478 g/mol. The smallest absolute Gasteiger partial charge is 0.168 e. The maximum Gasteiger partial charge on any atom is 0.168 e. The summed E-state index contributed by atoms with van der Waals surface area (Å²) in [6, 6.07) is 13.1. The second-order valence-corrected chi connectivity index (χ2v) is 9.38. The number of halogens is 3. The van der Waals surface area contributed by atoms with Gasteiger partial charge in [0.05, 0.1) is 16.4 Å². The quantitative estimate of drug-likeness (QED) is 0.294. The van der Waals surface area contributed by atoms with Crippen LogP contribution in [0.25, 0.3) is 27.6 Å². The Labute approximate surface area is 194 Å². The number of aromatic nitrogens is 4. The van der Waals surface area contributed by atoms with Gasteiger partial charge in [-0.2, -0.15) is 5.10 Å². The van der Waals surface area contributed by atoms with E-state index in [4.69, 9.17) is 39.9 Å². The summed E-state index contributed by atoms with van der Waals surface area (Å²) < 4.78 is 1.84. The lowest BCUT2D eigenvalue weighted by Crippen LogP contribution is -2.00. The molecule has 0 aliphatic heterocycles. The molecule has 0 N–H and O–H groups in total. The Hall–Kier alpha value is -1.92. The second kappa shape index (κ2) is 8.67. The summed E-state index contributed by atoms with van der Waals surface area (Å²) in [6.07, 6.45) is 1.01. The Morgan fingerprint density at radius 2 is 1.70 bits per heavy atom. The molecule has 4 rings (SSSR count). The van der Waals surface area contributed by atoms with Crippen LogP contribution in [0.1, 0.15) is 36.8 Å². The molecule has 0 saturated carbocycles. The molecular weight excluding hydrogens is 459 g/mol. The minimum Gasteiger partial charge on any atom is -0.231 e. The van der Waals surface area contributed by atoms with Gasteiger partial charge in [-0.05, 0) is 43.7 Å². The lowest BCUT2D eigenvalue weighted by Gasteiger charge is -2.11. The number of hydrogen-bond acceptors (Lipinski definition) is 4. The SMILES string of the molecule is CCC(C)c1nnc(-c2nn(-c3ccc(Cl)cc3Cl)c(-c3ccc(Cl)cc3)c2C)s1. The van der Waals surface area contributed by atoms with E-state index in [-0.39, 0.29) is 0 Å². The van der Waals surface area contributed by atoms with Gasteiger partial charge in [-0.1, -0.05) is 72.1 Å². The van der Waals surface area contributed by atoms with Crippen LogP contribution in [0.5, 0.6) is 0 Å². The molecular formula is C22H19Cl3N4S. The summed E-state index contributed by atoms with van der Waals surface area (Å²) >= 11 is 20.3. The molecule has 0 bridgehead atoms. The first-order chi connectivity index (χ1) is 14.4. The van der Waals surface area contributed by atoms with E-state index in [1.54, 1.807) is 23.5 Å². The predicted octanol–water partition coefficient (Wildman–Crippen LogP) is 7.84. The lowest BCUT2D eigenvalue weighted by atomic mass is 10.1. The highest BCUT2D eigenvalue weighted by Crippen LogP contribution is 2.38. The van der Waals surface area contributed by atoms with Crippen LogP contribution >= 0.6 is 46.1 Å². The molecule has 30 heavy (non-hydrogen) atoms. The highest BCUT2D eigenvalue weighted by atomic mass is 35.5. The van der Waals surface area contributed by atoms with E-state index in [9.17, 15) is 0 Å². The summed E-state index contributed by atoms with van der Waals surface area (Å²) in [7, 11) is 0. The van der Waals surface area contributed by atoms with Crippen LogP contribution in [-0.2, 0) is 0 Å². The molecule has 0 saturated heterocycles. The lowest BCUT2D eigenvalue weighted by molar-refractivity contribution is 0.715. The second-order valence-electron chi connectivity index (χ2n) is 7.09. The molecule has 0 aliphatic carbocycles. The molecule has 0 radical (unpaired) electrons. The molecule has 154 valence electrons. The Morgan fingerprint density at radius 3 is 2.37 bits per heavy atom. The van der Waals surface area contributed by atoms with Gasteiger partial charge in [0.15, 0.2) is 5.01 Å². The van der Waals surface area contributed by atoms with Crippen LogP contribution in [0.3, 0.4) is 0 Å². The van der Waals surface area contributed by atoms with E-state index >= 15 is 0 Å². The molecule has 0 spiro atoms. The van der Waals surface area contributed by atoms with E-state index in [0.29, 0.717) is 21.0 Å². The Kier molecular flexibility index (Phi) is 6.16. The van der Waals surface area contributed by atoms with E-state index < -0.39 is 0 Å². The maximum atomic E-state index is 6.53. The third-order valence-electron chi connectivity index (χ3n) is 5.05. The summed E-state index contributed by atoms with van der Waals surface area (Å²) in [6.45, 7) is 6.34. The number of benzene rings is 2. The van der Waals surface area contributed by atoms with Gasteiger partial charge >= 0.3 is 0 Å². The van der Waals surface area contributed by atoms with Crippen LogP contribution in [0, 0.1) is 6.92 Å². The number of hydrogen-bond donors (Lipinski definition) is 0. The highest BCUT2D eigenvalue weighted by Gasteiger charge is 2.23. The number of rotatable bonds is 5.